The minimum absolute atomic E-state index is 0.261. The van der Waals surface area contributed by atoms with E-state index in [1.54, 1.807) is 0 Å². The molecule has 0 radical (unpaired) electrons. The number of halogens is 2. The van der Waals surface area contributed by atoms with Crippen molar-refractivity contribution in [1.82, 2.24) is 9.97 Å². The van der Waals surface area contributed by atoms with Gasteiger partial charge in [0.05, 0.1) is 0 Å². The van der Waals surface area contributed by atoms with Crippen LogP contribution < -0.4 is 5.73 Å². The second-order valence-corrected chi connectivity index (χ2v) is 3.57. The van der Waals surface area contributed by atoms with Gasteiger partial charge in [0.25, 0.3) is 0 Å². The SMILES string of the molecule is Nc1c(Cl)nc(C2CC2)nc1Cl. The topological polar surface area (TPSA) is 51.8 Å². The monoisotopic (exact) mass is 203 g/mol. The molecule has 5 heteroatoms. The van der Waals surface area contributed by atoms with Gasteiger partial charge in [-0.25, -0.2) is 9.97 Å². The van der Waals surface area contributed by atoms with Crippen LogP contribution in [0.5, 0.6) is 0 Å². The van der Waals surface area contributed by atoms with Gasteiger partial charge in [0.1, 0.15) is 11.5 Å². The molecule has 64 valence electrons. The Morgan fingerprint density at radius 3 is 2.08 bits per heavy atom. The number of anilines is 1. The third-order valence-corrected chi connectivity index (χ3v) is 2.39. The highest BCUT2D eigenvalue weighted by atomic mass is 35.5. The summed E-state index contributed by atoms with van der Waals surface area (Å²) in [6.07, 6.45) is 2.24. The molecule has 12 heavy (non-hydrogen) atoms. The normalized spacial score (nSPS) is 16.5. The molecule has 3 nitrogen and oxygen atoms in total. The van der Waals surface area contributed by atoms with Gasteiger partial charge in [0.15, 0.2) is 10.3 Å². The zero-order valence-electron chi connectivity index (χ0n) is 6.22. The highest BCUT2D eigenvalue weighted by Crippen LogP contribution is 2.39. The van der Waals surface area contributed by atoms with Gasteiger partial charge in [0, 0.05) is 5.92 Å². The molecule has 0 aliphatic heterocycles. The van der Waals surface area contributed by atoms with Gasteiger partial charge in [-0.1, -0.05) is 23.2 Å². The van der Waals surface area contributed by atoms with E-state index in [0.717, 1.165) is 18.7 Å². The largest absolute Gasteiger partial charge is 0.394 e. The zero-order valence-corrected chi connectivity index (χ0v) is 7.73. The lowest BCUT2D eigenvalue weighted by atomic mass is 10.4. The summed E-state index contributed by atoms with van der Waals surface area (Å²) in [4.78, 5) is 8.08. The molecule has 0 bridgehead atoms. The van der Waals surface area contributed by atoms with Gasteiger partial charge in [-0.05, 0) is 12.8 Å². The van der Waals surface area contributed by atoms with E-state index < -0.39 is 0 Å². The number of nitrogen functional groups attached to an aromatic ring is 1. The lowest BCUT2D eigenvalue weighted by Gasteiger charge is -2.02. The molecule has 1 fully saturated rings. The van der Waals surface area contributed by atoms with E-state index in [2.05, 4.69) is 9.97 Å². The molecule has 0 spiro atoms. The number of hydrogen-bond donors (Lipinski definition) is 1. The van der Waals surface area contributed by atoms with E-state index in [4.69, 9.17) is 28.9 Å². The zero-order chi connectivity index (χ0) is 8.72. The average molecular weight is 204 g/mol. The highest BCUT2D eigenvalue weighted by Gasteiger charge is 2.27. The number of hydrogen-bond acceptors (Lipinski definition) is 3. The summed E-state index contributed by atoms with van der Waals surface area (Å²) in [5, 5.41) is 0.522. The molecule has 1 aliphatic rings. The second kappa shape index (κ2) is 2.75. The third-order valence-electron chi connectivity index (χ3n) is 1.81. The predicted octanol–water partition coefficient (Wildman–Crippen LogP) is 2.24. The van der Waals surface area contributed by atoms with Crippen LogP contribution in [0.3, 0.4) is 0 Å². The average Bonchev–Trinajstić information content (AvgIpc) is 2.81. The van der Waals surface area contributed by atoms with Crippen LogP contribution in [0.4, 0.5) is 5.69 Å². The fourth-order valence-electron chi connectivity index (χ4n) is 0.956. The first-order valence-electron chi connectivity index (χ1n) is 3.67. The first-order valence-corrected chi connectivity index (χ1v) is 4.42. The summed E-state index contributed by atoms with van der Waals surface area (Å²) in [7, 11) is 0. The van der Waals surface area contributed by atoms with Gasteiger partial charge in [-0.2, -0.15) is 0 Å². The molecule has 0 aromatic carbocycles. The summed E-state index contributed by atoms with van der Waals surface area (Å²) in [5.41, 5.74) is 5.75. The first kappa shape index (κ1) is 8.08. The maximum Gasteiger partial charge on any atom is 0.157 e. The molecule has 1 saturated carbocycles. The van der Waals surface area contributed by atoms with Crippen LogP contribution in [0.25, 0.3) is 0 Å². The predicted molar refractivity (Wildman–Crippen MR) is 48.4 cm³/mol. The maximum absolute atomic E-state index is 5.73. The van der Waals surface area contributed by atoms with Crippen molar-refractivity contribution >= 4 is 28.9 Å². The molecule has 0 unspecified atom stereocenters. The Balaban J connectivity index is 2.45. The quantitative estimate of drug-likeness (QED) is 0.713. The minimum Gasteiger partial charge on any atom is -0.394 e. The van der Waals surface area contributed by atoms with E-state index in [-0.39, 0.29) is 16.0 Å². The Hall–Kier alpha value is -0.540. The molecule has 0 amide bonds. The molecule has 0 saturated heterocycles. The van der Waals surface area contributed by atoms with Gasteiger partial charge in [-0.3, -0.25) is 0 Å². The van der Waals surface area contributed by atoms with Gasteiger partial charge in [0.2, 0.25) is 0 Å². The molecule has 0 atom stereocenters. The number of aromatic nitrogens is 2. The Kier molecular flexibility index (Phi) is 1.85. The van der Waals surface area contributed by atoms with Crippen molar-refractivity contribution < 1.29 is 0 Å². The smallest absolute Gasteiger partial charge is 0.157 e. The van der Waals surface area contributed by atoms with Crippen LogP contribution >= 0.6 is 23.2 Å². The minimum atomic E-state index is 0.261. The van der Waals surface area contributed by atoms with Gasteiger partial charge < -0.3 is 5.73 Å². The summed E-state index contributed by atoms with van der Waals surface area (Å²) in [6, 6.07) is 0. The molecule has 2 rings (SSSR count). The Labute approximate surface area is 79.9 Å². The number of nitrogens with zero attached hydrogens (tertiary/aromatic N) is 2. The highest BCUT2D eigenvalue weighted by molar-refractivity contribution is 6.37. The van der Waals surface area contributed by atoms with Gasteiger partial charge >= 0.3 is 0 Å². The summed E-state index contributed by atoms with van der Waals surface area (Å²) in [6.45, 7) is 0. The van der Waals surface area contributed by atoms with Crippen molar-refractivity contribution in [3.05, 3.63) is 16.1 Å². The lowest BCUT2D eigenvalue weighted by Crippen LogP contribution is -1.98. The first-order chi connectivity index (χ1) is 5.68. The summed E-state index contributed by atoms with van der Waals surface area (Å²) < 4.78 is 0. The van der Waals surface area contributed by atoms with E-state index in [0.29, 0.717) is 5.92 Å². The van der Waals surface area contributed by atoms with Crippen molar-refractivity contribution in [2.75, 3.05) is 5.73 Å². The van der Waals surface area contributed by atoms with Crippen molar-refractivity contribution in [2.45, 2.75) is 18.8 Å². The molecular formula is C7H7Cl2N3. The van der Waals surface area contributed by atoms with Crippen LogP contribution in [0.2, 0.25) is 10.3 Å². The van der Waals surface area contributed by atoms with E-state index in [1.807, 2.05) is 0 Å². The van der Waals surface area contributed by atoms with Crippen LogP contribution in [-0.2, 0) is 0 Å². The third kappa shape index (κ3) is 1.34. The fourth-order valence-corrected chi connectivity index (χ4v) is 1.36. The Bertz CT molecular complexity index is 299. The van der Waals surface area contributed by atoms with Crippen molar-refractivity contribution in [2.24, 2.45) is 0 Å². The summed E-state index contributed by atoms with van der Waals surface area (Å²) >= 11 is 11.5. The van der Waals surface area contributed by atoms with Crippen molar-refractivity contribution in [3.8, 4) is 0 Å². The molecule has 1 heterocycles. The van der Waals surface area contributed by atoms with E-state index >= 15 is 0 Å². The maximum atomic E-state index is 5.73. The van der Waals surface area contributed by atoms with E-state index in [1.165, 1.54) is 0 Å². The number of rotatable bonds is 1. The molecule has 1 aromatic rings. The number of nitrogens with two attached hydrogens (primary N) is 1. The van der Waals surface area contributed by atoms with Crippen molar-refractivity contribution in [3.63, 3.8) is 0 Å². The standard InChI is InChI=1S/C7H7Cl2N3/c8-5-4(10)6(9)12-7(11-5)3-1-2-3/h3H,1-2,10H2. The van der Waals surface area contributed by atoms with Crippen molar-refractivity contribution in [1.29, 1.82) is 0 Å². The van der Waals surface area contributed by atoms with Crippen LogP contribution in [0.1, 0.15) is 24.6 Å². The van der Waals surface area contributed by atoms with E-state index in [9.17, 15) is 0 Å². The summed E-state index contributed by atoms with van der Waals surface area (Å²) in [5.74, 6) is 1.17. The van der Waals surface area contributed by atoms with Crippen LogP contribution in [-0.4, -0.2) is 9.97 Å². The molecule has 1 aromatic heterocycles. The van der Waals surface area contributed by atoms with Crippen LogP contribution in [0.15, 0.2) is 0 Å². The van der Waals surface area contributed by atoms with Crippen LogP contribution in [0, 0.1) is 0 Å². The lowest BCUT2D eigenvalue weighted by molar-refractivity contribution is 0.930. The molecule has 1 aliphatic carbocycles. The van der Waals surface area contributed by atoms with Gasteiger partial charge in [-0.15, -0.1) is 0 Å². The molecule has 2 N–H and O–H groups in total. The fraction of sp³-hybridized carbons (Fsp3) is 0.429. The second-order valence-electron chi connectivity index (χ2n) is 2.85. The molecular weight excluding hydrogens is 197 g/mol. The Morgan fingerprint density at radius 2 is 1.67 bits per heavy atom. The Morgan fingerprint density at radius 1 is 1.17 bits per heavy atom.